The minimum atomic E-state index is -0.743. The summed E-state index contributed by atoms with van der Waals surface area (Å²) in [4.78, 5) is 43.0. The molecule has 3 aromatic rings. The van der Waals surface area contributed by atoms with Crippen molar-refractivity contribution in [1.82, 2.24) is 9.80 Å². The highest BCUT2D eigenvalue weighted by Crippen LogP contribution is 2.36. The van der Waals surface area contributed by atoms with Crippen molar-refractivity contribution in [2.75, 3.05) is 18.4 Å². The van der Waals surface area contributed by atoms with Crippen LogP contribution in [-0.2, 0) is 16.1 Å². The molecule has 0 bridgehead atoms. The second kappa shape index (κ2) is 10.3. The lowest BCUT2D eigenvalue weighted by molar-refractivity contribution is -0.137. The Kier molecular flexibility index (Phi) is 6.81. The van der Waals surface area contributed by atoms with Gasteiger partial charge < -0.3 is 15.0 Å². The fourth-order valence-corrected chi connectivity index (χ4v) is 5.25. The lowest BCUT2D eigenvalue weighted by Crippen LogP contribution is -2.49. The molecule has 8 heteroatoms. The van der Waals surface area contributed by atoms with E-state index >= 15 is 0 Å². The molecule has 3 heterocycles. The highest BCUT2D eigenvalue weighted by atomic mass is 32.1. The number of carbonyl (C=O) groups is 3. The molecule has 0 unspecified atom stereocenters. The van der Waals surface area contributed by atoms with E-state index in [0.29, 0.717) is 30.2 Å². The highest BCUT2D eigenvalue weighted by Gasteiger charge is 2.48. The van der Waals surface area contributed by atoms with Gasteiger partial charge in [0.05, 0.1) is 11.4 Å². The Morgan fingerprint density at radius 2 is 1.69 bits per heavy atom. The summed E-state index contributed by atoms with van der Waals surface area (Å²) in [5.41, 5.74) is 2.29. The maximum atomic E-state index is 13.7. The predicted molar refractivity (Wildman–Crippen MR) is 134 cm³/mol. The summed E-state index contributed by atoms with van der Waals surface area (Å²) in [6, 6.07) is 19.7. The van der Waals surface area contributed by atoms with Crippen molar-refractivity contribution >= 4 is 34.9 Å². The van der Waals surface area contributed by atoms with Crippen LogP contribution in [0.5, 0.6) is 0 Å². The average Bonchev–Trinajstić information content (AvgIpc) is 3.54. The molecule has 35 heavy (non-hydrogen) atoms. The van der Waals surface area contributed by atoms with Crippen molar-refractivity contribution in [3.05, 3.63) is 88.1 Å². The van der Waals surface area contributed by atoms with Gasteiger partial charge in [-0.15, -0.1) is 11.3 Å². The minimum Gasteiger partial charge on any atom is -0.438 e. The molecule has 0 aliphatic carbocycles. The van der Waals surface area contributed by atoms with Crippen LogP contribution in [0.3, 0.4) is 0 Å². The fraction of sp³-hybridized carbons (Fsp3) is 0.296. The number of piperidine rings is 1. The summed E-state index contributed by atoms with van der Waals surface area (Å²) in [7, 11) is 0. The number of likely N-dealkylation sites (tertiary alicyclic amines) is 1. The van der Waals surface area contributed by atoms with Crippen molar-refractivity contribution in [2.24, 2.45) is 0 Å². The number of cyclic esters (lactones) is 1. The summed E-state index contributed by atoms with van der Waals surface area (Å²) < 4.78 is 5.79. The Morgan fingerprint density at radius 3 is 2.37 bits per heavy atom. The number of hydrogen-bond acceptors (Lipinski definition) is 5. The molecule has 180 valence electrons. The summed E-state index contributed by atoms with van der Waals surface area (Å²) in [6.07, 6.45) is 1.83. The van der Waals surface area contributed by atoms with Crippen LogP contribution < -0.4 is 5.32 Å². The summed E-state index contributed by atoms with van der Waals surface area (Å²) in [5, 5.41) is 4.73. The van der Waals surface area contributed by atoms with Gasteiger partial charge in [-0.3, -0.25) is 14.5 Å². The molecule has 3 amide bonds. The zero-order valence-electron chi connectivity index (χ0n) is 19.3. The van der Waals surface area contributed by atoms with E-state index in [2.05, 4.69) is 5.32 Å². The molecule has 0 spiro atoms. The Balaban J connectivity index is 1.39. The van der Waals surface area contributed by atoms with Crippen molar-refractivity contribution in [1.29, 1.82) is 0 Å². The monoisotopic (exact) mass is 489 g/mol. The van der Waals surface area contributed by atoms with Gasteiger partial charge >= 0.3 is 6.09 Å². The van der Waals surface area contributed by atoms with E-state index in [9.17, 15) is 14.4 Å². The molecule has 0 saturated carbocycles. The van der Waals surface area contributed by atoms with Crippen molar-refractivity contribution < 1.29 is 19.1 Å². The topological polar surface area (TPSA) is 79.0 Å². The zero-order valence-corrected chi connectivity index (χ0v) is 20.1. The second-order valence-electron chi connectivity index (χ2n) is 8.80. The molecule has 2 atom stereocenters. The first-order valence-corrected chi connectivity index (χ1v) is 12.7. The zero-order chi connectivity index (χ0) is 24.2. The molecule has 7 nitrogen and oxygen atoms in total. The van der Waals surface area contributed by atoms with Crippen LogP contribution in [0.25, 0.3) is 0 Å². The number of rotatable bonds is 6. The van der Waals surface area contributed by atoms with Gasteiger partial charge in [0.1, 0.15) is 0 Å². The van der Waals surface area contributed by atoms with Crippen LogP contribution >= 0.6 is 11.3 Å². The lowest BCUT2D eigenvalue weighted by Gasteiger charge is -2.33. The molecule has 2 saturated heterocycles. The van der Waals surface area contributed by atoms with Gasteiger partial charge in [0.25, 0.3) is 5.91 Å². The van der Waals surface area contributed by atoms with Crippen molar-refractivity contribution in [2.45, 2.75) is 38.0 Å². The predicted octanol–water partition coefficient (Wildman–Crippen LogP) is 5.08. The van der Waals surface area contributed by atoms with Crippen molar-refractivity contribution in [3.63, 3.8) is 0 Å². The maximum Gasteiger partial charge on any atom is 0.411 e. The first kappa shape index (κ1) is 23.1. The van der Waals surface area contributed by atoms with Gasteiger partial charge in [-0.1, -0.05) is 48.5 Å². The quantitative estimate of drug-likeness (QED) is 0.524. The molecular weight excluding hydrogens is 462 g/mol. The van der Waals surface area contributed by atoms with E-state index in [1.54, 1.807) is 23.1 Å². The number of hydrogen-bond donors (Lipinski definition) is 1. The number of nitrogens with one attached hydrogen (secondary N) is 1. The molecule has 5 rings (SSSR count). The minimum absolute atomic E-state index is 0.0773. The average molecular weight is 490 g/mol. The second-order valence-corrected chi connectivity index (χ2v) is 9.75. The SMILES string of the molecule is O=C(Nc1ccc([C@@H]2OC(=O)N(Cc3ccccc3)[C@@H]2C(=O)N2CCCCC2)cc1)c1cccs1. The first-order chi connectivity index (χ1) is 17.1. The van der Waals surface area contributed by atoms with E-state index in [4.69, 9.17) is 4.74 Å². The third-order valence-corrected chi connectivity index (χ3v) is 7.31. The van der Waals surface area contributed by atoms with Crippen LogP contribution in [0.15, 0.2) is 72.1 Å². The number of carbonyl (C=O) groups excluding carboxylic acids is 3. The van der Waals surface area contributed by atoms with E-state index in [1.165, 1.54) is 11.3 Å². The van der Waals surface area contributed by atoms with Crippen LogP contribution in [-0.4, -0.2) is 46.8 Å². The number of ether oxygens (including phenoxy) is 1. The molecule has 2 aromatic carbocycles. The maximum absolute atomic E-state index is 13.7. The normalized spacial score (nSPS) is 19.9. The molecule has 1 N–H and O–H groups in total. The van der Waals surface area contributed by atoms with Gasteiger partial charge in [-0.25, -0.2) is 4.79 Å². The molecule has 2 aliphatic heterocycles. The lowest BCUT2D eigenvalue weighted by atomic mass is 9.99. The smallest absolute Gasteiger partial charge is 0.411 e. The van der Waals surface area contributed by atoms with Crippen molar-refractivity contribution in [3.8, 4) is 0 Å². The van der Waals surface area contributed by atoms with E-state index < -0.39 is 18.2 Å². The molecule has 2 aliphatic rings. The number of benzene rings is 2. The number of amides is 3. The summed E-state index contributed by atoms with van der Waals surface area (Å²) in [5.74, 6) is -0.251. The summed E-state index contributed by atoms with van der Waals surface area (Å²) in [6.45, 7) is 1.70. The third-order valence-electron chi connectivity index (χ3n) is 6.44. The molecule has 0 radical (unpaired) electrons. The molecule has 1 aromatic heterocycles. The molecule has 2 fully saturated rings. The number of anilines is 1. The Morgan fingerprint density at radius 1 is 0.943 bits per heavy atom. The number of thiophene rings is 1. The largest absolute Gasteiger partial charge is 0.438 e. The van der Waals surface area contributed by atoms with Gasteiger partial charge in [-0.05, 0) is 54.0 Å². The van der Waals surface area contributed by atoms with E-state index in [1.807, 2.05) is 58.8 Å². The van der Waals surface area contributed by atoms with Crippen LogP contribution in [0.1, 0.15) is 46.2 Å². The summed E-state index contributed by atoms with van der Waals surface area (Å²) >= 11 is 1.37. The Hall–Kier alpha value is -3.65. The first-order valence-electron chi connectivity index (χ1n) is 11.8. The van der Waals surface area contributed by atoms with E-state index in [0.717, 1.165) is 30.4 Å². The third kappa shape index (κ3) is 5.07. The van der Waals surface area contributed by atoms with Gasteiger partial charge in [0.15, 0.2) is 12.1 Å². The van der Waals surface area contributed by atoms with Gasteiger partial charge in [-0.2, -0.15) is 0 Å². The Labute approximate surface area is 208 Å². The standard InChI is InChI=1S/C27H27N3O4S/c31-25(22-10-7-17-35-22)28-21-13-11-20(12-14-21)24-23(26(32)29-15-5-2-6-16-29)30(27(33)34-24)18-19-8-3-1-4-9-19/h1,3-4,7-14,17,23-24H,2,5-6,15-16,18H2,(H,28,31)/t23-,24-/m0/s1. The molecular formula is C27H27N3O4S. The highest BCUT2D eigenvalue weighted by molar-refractivity contribution is 7.12. The fourth-order valence-electron chi connectivity index (χ4n) is 4.63. The van der Waals surface area contributed by atoms with Crippen LogP contribution in [0, 0.1) is 0 Å². The van der Waals surface area contributed by atoms with E-state index in [-0.39, 0.29) is 11.8 Å². The number of nitrogens with zero attached hydrogens (tertiary/aromatic N) is 2. The van der Waals surface area contributed by atoms with Gasteiger partial charge in [0, 0.05) is 18.8 Å². The van der Waals surface area contributed by atoms with Crippen LogP contribution in [0.2, 0.25) is 0 Å². The van der Waals surface area contributed by atoms with Gasteiger partial charge in [0.2, 0.25) is 5.91 Å². The van der Waals surface area contributed by atoms with Crippen LogP contribution in [0.4, 0.5) is 10.5 Å². The Bertz CT molecular complexity index is 1170.